The third-order valence-electron chi connectivity index (χ3n) is 1.31. The number of esters is 2. The summed E-state index contributed by atoms with van der Waals surface area (Å²) in [5.74, 6) is -0.728. The van der Waals surface area contributed by atoms with Gasteiger partial charge in [0, 0.05) is 0 Å². The third-order valence-corrected chi connectivity index (χ3v) is 1.31. The van der Waals surface area contributed by atoms with E-state index in [0.29, 0.717) is 13.2 Å². The summed E-state index contributed by atoms with van der Waals surface area (Å²) < 4.78 is 18.1. The second-order valence-electron chi connectivity index (χ2n) is 2.66. The predicted molar refractivity (Wildman–Crippen MR) is 65.8 cm³/mol. The summed E-state index contributed by atoms with van der Waals surface area (Å²) in [6, 6.07) is 0. The lowest BCUT2D eigenvalue weighted by Gasteiger charge is -1.98. The molecule has 0 bridgehead atoms. The Morgan fingerprint density at radius 2 is 1.83 bits per heavy atom. The van der Waals surface area contributed by atoms with Crippen molar-refractivity contribution in [1.29, 1.82) is 0 Å². The summed E-state index contributed by atoms with van der Waals surface area (Å²) >= 11 is 0. The lowest BCUT2D eigenvalue weighted by molar-refractivity contribution is -0.146. The number of rotatable bonds is 8. The SMILES string of the molecule is C=CCOCC(=O)OC.C=COCC(=O)OCC. The number of methoxy groups -OCH3 is 1. The molecule has 0 rings (SSSR count). The van der Waals surface area contributed by atoms with Crippen LogP contribution in [0.1, 0.15) is 6.92 Å². The second-order valence-corrected chi connectivity index (χ2v) is 2.66. The zero-order chi connectivity index (χ0) is 14.2. The van der Waals surface area contributed by atoms with Crippen LogP contribution in [0.2, 0.25) is 0 Å². The van der Waals surface area contributed by atoms with Gasteiger partial charge >= 0.3 is 11.9 Å². The Bertz CT molecular complexity index is 249. The van der Waals surface area contributed by atoms with Crippen molar-refractivity contribution in [2.75, 3.05) is 33.5 Å². The highest BCUT2D eigenvalue weighted by Crippen LogP contribution is 1.79. The average Bonchev–Trinajstić information content (AvgIpc) is 2.37. The van der Waals surface area contributed by atoms with Gasteiger partial charge < -0.3 is 18.9 Å². The van der Waals surface area contributed by atoms with E-state index in [0.717, 1.165) is 0 Å². The first-order valence-corrected chi connectivity index (χ1v) is 5.25. The minimum Gasteiger partial charge on any atom is -0.490 e. The third kappa shape index (κ3) is 16.6. The standard InChI is InChI=1S/2C6H10O3/c1-3-4-9-5-6(7)8-2;1-3-8-5-6(7)9-4-2/h2*3H,1,4-5H2,2H3. The Kier molecular flexibility index (Phi) is 15.6. The molecule has 0 aromatic heterocycles. The Morgan fingerprint density at radius 3 is 2.28 bits per heavy atom. The van der Waals surface area contributed by atoms with Crippen LogP contribution in [0, 0.1) is 0 Å². The molecule has 0 atom stereocenters. The van der Waals surface area contributed by atoms with Crippen LogP contribution in [0.25, 0.3) is 0 Å². The van der Waals surface area contributed by atoms with Crippen LogP contribution in [0.3, 0.4) is 0 Å². The second kappa shape index (κ2) is 15.2. The summed E-state index contributed by atoms with van der Waals surface area (Å²) in [7, 11) is 1.32. The van der Waals surface area contributed by atoms with Gasteiger partial charge in [0.05, 0.1) is 26.6 Å². The van der Waals surface area contributed by atoms with Crippen molar-refractivity contribution >= 4 is 11.9 Å². The molecule has 0 fully saturated rings. The van der Waals surface area contributed by atoms with Crippen LogP contribution in [0.4, 0.5) is 0 Å². The quantitative estimate of drug-likeness (QED) is 0.281. The summed E-state index contributed by atoms with van der Waals surface area (Å²) in [5.41, 5.74) is 0. The number of carbonyl (C=O) groups is 2. The Labute approximate surface area is 107 Å². The number of hydrogen-bond donors (Lipinski definition) is 0. The Hall–Kier alpha value is -1.82. The van der Waals surface area contributed by atoms with E-state index in [1.54, 1.807) is 13.0 Å². The van der Waals surface area contributed by atoms with Crippen molar-refractivity contribution in [1.82, 2.24) is 0 Å². The highest BCUT2D eigenvalue weighted by atomic mass is 16.6. The first-order chi connectivity index (χ1) is 8.62. The van der Waals surface area contributed by atoms with E-state index >= 15 is 0 Å². The van der Waals surface area contributed by atoms with Crippen LogP contribution in [-0.2, 0) is 28.5 Å². The minimum atomic E-state index is -0.364. The molecule has 0 aromatic rings. The average molecular weight is 260 g/mol. The molecule has 0 aromatic carbocycles. The highest BCUT2D eigenvalue weighted by molar-refractivity contribution is 5.70. The van der Waals surface area contributed by atoms with Crippen molar-refractivity contribution in [3.8, 4) is 0 Å². The summed E-state index contributed by atoms with van der Waals surface area (Å²) in [5, 5.41) is 0. The lowest BCUT2D eigenvalue weighted by atomic mass is 10.7. The van der Waals surface area contributed by atoms with Crippen LogP contribution in [-0.4, -0.2) is 45.5 Å². The number of ether oxygens (including phenoxy) is 4. The molecule has 6 heteroatoms. The normalized spacial score (nSPS) is 8.33. The van der Waals surface area contributed by atoms with Gasteiger partial charge in [0.25, 0.3) is 0 Å². The van der Waals surface area contributed by atoms with E-state index in [4.69, 9.17) is 4.74 Å². The van der Waals surface area contributed by atoms with Crippen LogP contribution >= 0.6 is 0 Å². The van der Waals surface area contributed by atoms with Crippen molar-refractivity contribution < 1.29 is 28.5 Å². The van der Waals surface area contributed by atoms with Crippen molar-refractivity contribution in [3.63, 3.8) is 0 Å². The first-order valence-electron chi connectivity index (χ1n) is 5.25. The largest absolute Gasteiger partial charge is 0.490 e. The minimum absolute atomic E-state index is 0.00250. The fraction of sp³-hybridized carbons (Fsp3) is 0.500. The Balaban J connectivity index is 0. The molecule has 0 N–H and O–H groups in total. The van der Waals surface area contributed by atoms with Gasteiger partial charge in [0.15, 0.2) is 6.61 Å². The molecule has 0 radical (unpaired) electrons. The summed E-state index contributed by atoms with van der Waals surface area (Å²) in [6.07, 6.45) is 2.78. The van der Waals surface area contributed by atoms with E-state index in [9.17, 15) is 9.59 Å². The van der Waals surface area contributed by atoms with Crippen molar-refractivity contribution in [2.45, 2.75) is 6.92 Å². The van der Waals surface area contributed by atoms with E-state index < -0.39 is 0 Å². The molecule has 0 saturated heterocycles. The fourth-order valence-electron chi connectivity index (χ4n) is 0.614. The van der Waals surface area contributed by atoms with Gasteiger partial charge in [-0.25, -0.2) is 9.59 Å². The lowest BCUT2D eigenvalue weighted by Crippen LogP contribution is -2.09. The molecule has 6 nitrogen and oxygen atoms in total. The van der Waals surface area contributed by atoms with Gasteiger partial charge in [-0.15, -0.1) is 6.58 Å². The van der Waals surface area contributed by atoms with Crippen molar-refractivity contribution in [2.24, 2.45) is 0 Å². The van der Waals surface area contributed by atoms with E-state index in [1.165, 1.54) is 13.4 Å². The van der Waals surface area contributed by atoms with E-state index in [-0.39, 0.29) is 25.2 Å². The zero-order valence-corrected chi connectivity index (χ0v) is 10.8. The summed E-state index contributed by atoms with van der Waals surface area (Å²) in [6.45, 7) is 9.14. The maximum atomic E-state index is 10.4. The van der Waals surface area contributed by atoms with Gasteiger partial charge in [-0.1, -0.05) is 12.7 Å². The van der Waals surface area contributed by atoms with E-state index in [2.05, 4.69) is 27.4 Å². The monoisotopic (exact) mass is 260 g/mol. The first kappa shape index (κ1) is 18.5. The van der Waals surface area contributed by atoms with Gasteiger partial charge in [-0.05, 0) is 6.92 Å². The highest BCUT2D eigenvalue weighted by Gasteiger charge is 1.97. The Morgan fingerprint density at radius 1 is 1.17 bits per heavy atom. The molecule has 0 spiro atoms. The molecule has 0 unspecified atom stereocenters. The van der Waals surface area contributed by atoms with Crippen LogP contribution in [0.15, 0.2) is 25.5 Å². The maximum Gasteiger partial charge on any atom is 0.344 e. The number of hydrogen-bond acceptors (Lipinski definition) is 6. The molecule has 0 saturated carbocycles. The molecule has 0 aliphatic heterocycles. The van der Waals surface area contributed by atoms with Crippen LogP contribution < -0.4 is 0 Å². The molecule has 0 amide bonds. The predicted octanol–water partition coefficient (Wildman–Crippen LogP) is 1.07. The van der Waals surface area contributed by atoms with Gasteiger partial charge in [-0.3, -0.25) is 0 Å². The van der Waals surface area contributed by atoms with Gasteiger partial charge in [-0.2, -0.15) is 0 Å². The molecule has 18 heavy (non-hydrogen) atoms. The van der Waals surface area contributed by atoms with E-state index in [1.807, 2.05) is 0 Å². The fourth-order valence-corrected chi connectivity index (χ4v) is 0.614. The molecular formula is C12H20O6. The maximum absolute atomic E-state index is 10.4. The molecule has 0 aliphatic rings. The molecule has 0 heterocycles. The zero-order valence-electron chi connectivity index (χ0n) is 10.8. The molecule has 104 valence electrons. The number of carbonyl (C=O) groups excluding carboxylic acids is 2. The molecule has 0 aliphatic carbocycles. The smallest absolute Gasteiger partial charge is 0.344 e. The topological polar surface area (TPSA) is 71.1 Å². The van der Waals surface area contributed by atoms with Crippen LogP contribution in [0.5, 0.6) is 0 Å². The summed E-state index contributed by atoms with van der Waals surface area (Å²) in [4.78, 5) is 20.7. The van der Waals surface area contributed by atoms with Gasteiger partial charge in [0.1, 0.15) is 6.61 Å². The van der Waals surface area contributed by atoms with Gasteiger partial charge in [0.2, 0.25) is 0 Å². The molecular weight excluding hydrogens is 240 g/mol. The van der Waals surface area contributed by atoms with Crippen molar-refractivity contribution in [3.05, 3.63) is 25.5 Å².